The Morgan fingerprint density at radius 2 is 1.00 bits per heavy atom. The van der Waals surface area contributed by atoms with E-state index in [9.17, 15) is 0 Å². The molecule has 0 bridgehead atoms. The first-order chi connectivity index (χ1) is 10.6. The van der Waals surface area contributed by atoms with E-state index in [1.807, 2.05) is 0 Å². The molecule has 0 N–H and O–H groups in total. The molecule has 0 fully saturated rings. The SMILES string of the molecule is C=C([SiH3])C(N(CCCC)CCCC)N(CCCC)CCCC. The first kappa shape index (κ1) is 21.9. The molecule has 0 aromatic heterocycles. The van der Waals surface area contributed by atoms with Gasteiger partial charge >= 0.3 is 0 Å². The topological polar surface area (TPSA) is 6.48 Å². The molecule has 0 aromatic rings. The molecular weight excluding hydrogens is 284 g/mol. The lowest BCUT2D eigenvalue weighted by molar-refractivity contribution is 0.0670. The summed E-state index contributed by atoms with van der Waals surface area (Å²) < 4.78 is 0. The fourth-order valence-corrected chi connectivity index (χ4v) is 3.74. The maximum atomic E-state index is 4.41. The third-order valence-corrected chi connectivity index (χ3v) is 4.84. The zero-order valence-electron chi connectivity index (χ0n) is 16.2. The molecule has 0 amide bonds. The average molecular weight is 327 g/mol. The Morgan fingerprint density at radius 1 is 0.727 bits per heavy atom. The van der Waals surface area contributed by atoms with Gasteiger partial charge in [-0.05, 0) is 51.9 Å². The summed E-state index contributed by atoms with van der Waals surface area (Å²) >= 11 is 0. The molecule has 0 aromatic carbocycles. The van der Waals surface area contributed by atoms with Gasteiger partial charge in [0.1, 0.15) is 0 Å². The van der Waals surface area contributed by atoms with E-state index < -0.39 is 0 Å². The Hall–Kier alpha value is -0.123. The van der Waals surface area contributed by atoms with Crippen LogP contribution in [0.15, 0.2) is 11.8 Å². The van der Waals surface area contributed by atoms with Crippen molar-refractivity contribution in [1.82, 2.24) is 9.80 Å². The van der Waals surface area contributed by atoms with Crippen molar-refractivity contribution in [2.45, 2.75) is 85.2 Å². The second-order valence-electron chi connectivity index (χ2n) is 6.71. The third-order valence-electron chi connectivity index (χ3n) is 4.33. The van der Waals surface area contributed by atoms with Crippen LogP contribution in [0.5, 0.6) is 0 Å². The lowest BCUT2D eigenvalue weighted by Gasteiger charge is -2.41. The van der Waals surface area contributed by atoms with Crippen LogP contribution >= 0.6 is 0 Å². The summed E-state index contributed by atoms with van der Waals surface area (Å²) in [5, 5.41) is 1.46. The highest BCUT2D eigenvalue weighted by Crippen LogP contribution is 2.17. The summed E-state index contributed by atoms with van der Waals surface area (Å²) in [5.74, 6) is 0. The van der Waals surface area contributed by atoms with Gasteiger partial charge in [-0.15, -0.1) is 6.58 Å². The fourth-order valence-electron chi connectivity index (χ4n) is 3.01. The molecule has 0 saturated carbocycles. The zero-order chi connectivity index (χ0) is 16.8. The molecule has 0 rings (SSSR count). The Labute approximate surface area is 143 Å². The van der Waals surface area contributed by atoms with Crippen molar-refractivity contribution in [3.05, 3.63) is 11.8 Å². The van der Waals surface area contributed by atoms with Crippen LogP contribution in [-0.2, 0) is 0 Å². The highest BCUT2D eigenvalue weighted by molar-refractivity contribution is 6.21. The van der Waals surface area contributed by atoms with Crippen LogP contribution in [0.2, 0.25) is 0 Å². The zero-order valence-corrected chi connectivity index (χ0v) is 18.2. The van der Waals surface area contributed by atoms with Crippen molar-refractivity contribution in [2.24, 2.45) is 0 Å². The standard InChI is InChI=1S/C19H42N2Si/c1-6-10-14-20(15-11-7-2)19(18(5)22)21(16-12-8-3)17-13-9-4/h19H,5-17H2,1-4,22H3. The van der Waals surface area contributed by atoms with Crippen LogP contribution in [0.3, 0.4) is 0 Å². The largest absolute Gasteiger partial charge is 0.285 e. The van der Waals surface area contributed by atoms with Crippen LogP contribution in [-0.4, -0.2) is 52.4 Å². The molecule has 0 saturated heterocycles. The molecule has 0 aliphatic rings. The van der Waals surface area contributed by atoms with E-state index in [1.165, 1.54) is 82.7 Å². The first-order valence-electron chi connectivity index (χ1n) is 9.75. The molecule has 0 radical (unpaired) electrons. The normalized spacial score (nSPS) is 12.0. The van der Waals surface area contributed by atoms with Gasteiger partial charge < -0.3 is 0 Å². The van der Waals surface area contributed by atoms with Gasteiger partial charge in [-0.1, -0.05) is 58.6 Å². The van der Waals surface area contributed by atoms with Crippen molar-refractivity contribution in [3.8, 4) is 0 Å². The Balaban J connectivity index is 5.02. The maximum absolute atomic E-state index is 4.41. The summed E-state index contributed by atoms with van der Waals surface area (Å²) in [6.07, 6.45) is 10.9. The Bertz CT molecular complexity index is 232. The van der Waals surface area contributed by atoms with Crippen molar-refractivity contribution in [2.75, 3.05) is 26.2 Å². The molecule has 2 nitrogen and oxygen atoms in total. The molecule has 0 spiro atoms. The molecule has 0 atom stereocenters. The first-order valence-corrected chi connectivity index (χ1v) is 10.8. The van der Waals surface area contributed by atoms with E-state index in [2.05, 4.69) is 44.1 Å². The number of nitrogens with zero attached hydrogens (tertiary/aromatic N) is 2. The van der Waals surface area contributed by atoms with Gasteiger partial charge in [-0.2, -0.15) is 0 Å². The lowest BCUT2D eigenvalue weighted by atomic mass is 10.2. The number of hydrogen-bond acceptors (Lipinski definition) is 2. The van der Waals surface area contributed by atoms with Gasteiger partial charge in [0.05, 0.1) is 6.17 Å². The minimum absolute atomic E-state index is 0.503. The Morgan fingerprint density at radius 3 is 1.18 bits per heavy atom. The summed E-state index contributed by atoms with van der Waals surface area (Å²) in [7, 11) is 1.10. The fraction of sp³-hybridized carbons (Fsp3) is 0.895. The Kier molecular flexibility index (Phi) is 14.4. The van der Waals surface area contributed by atoms with Crippen LogP contribution in [0, 0.1) is 0 Å². The van der Waals surface area contributed by atoms with Gasteiger partial charge in [0, 0.05) is 10.2 Å². The monoisotopic (exact) mass is 326 g/mol. The molecule has 22 heavy (non-hydrogen) atoms. The summed E-state index contributed by atoms with van der Waals surface area (Å²) in [6.45, 7) is 18.5. The van der Waals surface area contributed by atoms with Gasteiger partial charge in [0.2, 0.25) is 0 Å². The highest BCUT2D eigenvalue weighted by atomic mass is 28.1. The highest BCUT2D eigenvalue weighted by Gasteiger charge is 2.24. The minimum atomic E-state index is 0.503. The average Bonchev–Trinajstić information content (AvgIpc) is 2.51. The van der Waals surface area contributed by atoms with Gasteiger partial charge in [0.25, 0.3) is 0 Å². The predicted molar refractivity (Wildman–Crippen MR) is 106 cm³/mol. The van der Waals surface area contributed by atoms with Crippen molar-refractivity contribution in [1.29, 1.82) is 0 Å². The van der Waals surface area contributed by atoms with Gasteiger partial charge in [0.15, 0.2) is 0 Å². The van der Waals surface area contributed by atoms with Crippen LogP contribution in [0.1, 0.15) is 79.1 Å². The quantitative estimate of drug-likeness (QED) is 0.331. The second-order valence-corrected chi connectivity index (χ2v) is 7.99. The molecule has 0 unspecified atom stereocenters. The van der Waals surface area contributed by atoms with E-state index in [0.717, 1.165) is 10.2 Å². The molecule has 132 valence electrons. The van der Waals surface area contributed by atoms with E-state index in [-0.39, 0.29) is 0 Å². The molecule has 3 heteroatoms. The van der Waals surface area contributed by atoms with Crippen LogP contribution < -0.4 is 0 Å². The van der Waals surface area contributed by atoms with Crippen molar-refractivity contribution < 1.29 is 0 Å². The maximum Gasteiger partial charge on any atom is 0.0796 e. The molecule has 0 aliphatic carbocycles. The number of hydrogen-bond donors (Lipinski definition) is 0. The predicted octanol–water partition coefficient (Wildman–Crippen LogP) is 4.00. The van der Waals surface area contributed by atoms with Crippen molar-refractivity contribution in [3.63, 3.8) is 0 Å². The summed E-state index contributed by atoms with van der Waals surface area (Å²) in [4.78, 5) is 5.46. The third kappa shape index (κ3) is 9.11. The van der Waals surface area contributed by atoms with Gasteiger partial charge in [-0.3, -0.25) is 9.80 Å². The lowest BCUT2D eigenvalue weighted by Crippen LogP contribution is -2.51. The minimum Gasteiger partial charge on any atom is -0.285 e. The van der Waals surface area contributed by atoms with E-state index in [4.69, 9.17) is 0 Å². The summed E-state index contributed by atoms with van der Waals surface area (Å²) in [6, 6.07) is 0. The van der Waals surface area contributed by atoms with E-state index in [0.29, 0.717) is 6.17 Å². The molecular formula is C19H42N2Si. The molecule has 0 heterocycles. The van der Waals surface area contributed by atoms with Crippen LogP contribution in [0.4, 0.5) is 0 Å². The second kappa shape index (κ2) is 14.5. The smallest absolute Gasteiger partial charge is 0.0796 e. The number of rotatable bonds is 15. The number of unbranched alkanes of at least 4 members (excludes halogenated alkanes) is 4. The van der Waals surface area contributed by atoms with Crippen molar-refractivity contribution >= 4 is 10.2 Å². The van der Waals surface area contributed by atoms with E-state index in [1.54, 1.807) is 0 Å². The summed E-state index contributed by atoms with van der Waals surface area (Å²) in [5.41, 5.74) is 0. The van der Waals surface area contributed by atoms with E-state index >= 15 is 0 Å². The molecule has 0 aliphatic heterocycles. The van der Waals surface area contributed by atoms with Crippen LogP contribution in [0.25, 0.3) is 0 Å². The van der Waals surface area contributed by atoms with Gasteiger partial charge in [-0.25, -0.2) is 0 Å².